The van der Waals surface area contributed by atoms with Gasteiger partial charge in [-0.05, 0) is 19.1 Å². The van der Waals surface area contributed by atoms with E-state index in [1.807, 2.05) is 0 Å². The first-order valence-corrected chi connectivity index (χ1v) is 5.97. The van der Waals surface area contributed by atoms with Crippen LogP contribution in [-0.4, -0.2) is 19.0 Å². The van der Waals surface area contributed by atoms with E-state index in [1.54, 1.807) is 0 Å². The van der Waals surface area contributed by atoms with Crippen molar-refractivity contribution in [1.82, 2.24) is 9.13 Å². The molecule has 10 nitrogen and oxygen atoms in total. The zero-order valence-electron chi connectivity index (χ0n) is 11.5. The van der Waals surface area contributed by atoms with E-state index in [9.17, 15) is 29.8 Å². The Balaban J connectivity index is 2.81. The van der Waals surface area contributed by atoms with Gasteiger partial charge in [0.05, 0.1) is 15.5 Å². The summed E-state index contributed by atoms with van der Waals surface area (Å²) in [5.41, 5.74) is -2.65. The number of aromatic nitrogens is 2. The minimum atomic E-state index is -1.01. The molecule has 0 amide bonds. The monoisotopic (exact) mass is 306 g/mol. The van der Waals surface area contributed by atoms with Gasteiger partial charge in [-0.3, -0.25) is 34.2 Å². The number of nitrogens with zero attached hydrogens (tertiary/aromatic N) is 4. The van der Waals surface area contributed by atoms with Crippen LogP contribution in [0.1, 0.15) is 5.69 Å². The lowest BCUT2D eigenvalue weighted by atomic mass is 10.2. The molecule has 1 aromatic heterocycles. The highest BCUT2D eigenvalue weighted by Crippen LogP contribution is 2.18. The summed E-state index contributed by atoms with van der Waals surface area (Å²) < 4.78 is 1.58. The van der Waals surface area contributed by atoms with Crippen LogP contribution in [0.15, 0.2) is 33.9 Å². The SMILES string of the molecule is Cc1c([N+](=O)[O-])c(=O)n(C)c(=O)n1-c1ccc([N+](=O)[O-])cc1. The zero-order valence-corrected chi connectivity index (χ0v) is 11.5. The van der Waals surface area contributed by atoms with Crippen molar-refractivity contribution in [2.24, 2.45) is 7.05 Å². The second kappa shape index (κ2) is 5.24. The van der Waals surface area contributed by atoms with Gasteiger partial charge < -0.3 is 0 Å². The molecule has 0 aliphatic carbocycles. The predicted octanol–water partition coefficient (Wildman–Crippen LogP) is 0.661. The van der Waals surface area contributed by atoms with Crippen LogP contribution in [0.2, 0.25) is 0 Å². The summed E-state index contributed by atoms with van der Waals surface area (Å²) in [6, 6.07) is 4.89. The van der Waals surface area contributed by atoms with E-state index >= 15 is 0 Å². The Morgan fingerprint density at radius 2 is 1.55 bits per heavy atom. The Kier molecular flexibility index (Phi) is 3.59. The summed E-state index contributed by atoms with van der Waals surface area (Å²) in [4.78, 5) is 44.1. The predicted molar refractivity (Wildman–Crippen MR) is 75.3 cm³/mol. The van der Waals surface area contributed by atoms with E-state index in [0.29, 0.717) is 4.57 Å². The quantitative estimate of drug-likeness (QED) is 0.604. The Morgan fingerprint density at radius 3 is 2.00 bits per heavy atom. The van der Waals surface area contributed by atoms with E-state index in [1.165, 1.54) is 19.1 Å². The van der Waals surface area contributed by atoms with Gasteiger partial charge in [0.15, 0.2) is 0 Å². The number of rotatable bonds is 3. The van der Waals surface area contributed by atoms with Crippen LogP contribution in [-0.2, 0) is 7.05 Å². The van der Waals surface area contributed by atoms with Crippen LogP contribution in [0.5, 0.6) is 0 Å². The van der Waals surface area contributed by atoms with Gasteiger partial charge in [0.25, 0.3) is 5.69 Å². The maximum atomic E-state index is 12.2. The van der Waals surface area contributed by atoms with E-state index < -0.39 is 26.8 Å². The van der Waals surface area contributed by atoms with Crippen molar-refractivity contribution in [1.29, 1.82) is 0 Å². The molecule has 0 N–H and O–H groups in total. The van der Waals surface area contributed by atoms with Gasteiger partial charge in [-0.25, -0.2) is 4.79 Å². The molecule has 22 heavy (non-hydrogen) atoms. The lowest BCUT2D eigenvalue weighted by molar-refractivity contribution is -0.387. The molecule has 0 fully saturated rings. The third kappa shape index (κ3) is 2.26. The molecule has 0 saturated carbocycles. The van der Waals surface area contributed by atoms with Crippen molar-refractivity contribution in [3.05, 3.63) is 71.0 Å². The fourth-order valence-corrected chi connectivity index (χ4v) is 2.04. The minimum absolute atomic E-state index is 0.146. The fourth-order valence-electron chi connectivity index (χ4n) is 2.04. The van der Waals surface area contributed by atoms with Crippen LogP contribution in [0.4, 0.5) is 11.4 Å². The summed E-state index contributed by atoms with van der Waals surface area (Å²) in [6.45, 7) is 1.27. The van der Waals surface area contributed by atoms with Crippen molar-refractivity contribution in [2.75, 3.05) is 0 Å². The average Bonchev–Trinajstić information content (AvgIpc) is 2.45. The normalized spacial score (nSPS) is 10.5. The van der Waals surface area contributed by atoms with Crippen molar-refractivity contribution in [3.8, 4) is 5.69 Å². The molecule has 2 aromatic rings. The highest BCUT2D eigenvalue weighted by Gasteiger charge is 2.24. The largest absolute Gasteiger partial charge is 0.353 e. The van der Waals surface area contributed by atoms with E-state index in [4.69, 9.17) is 0 Å². The summed E-state index contributed by atoms with van der Waals surface area (Å²) >= 11 is 0. The maximum Gasteiger partial charge on any atom is 0.353 e. The van der Waals surface area contributed by atoms with Gasteiger partial charge in [0, 0.05) is 19.2 Å². The fraction of sp³-hybridized carbons (Fsp3) is 0.167. The molecule has 114 valence electrons. The van der Waals surface area contributed by atoms with Crippen LogP contribution in [0.3, 0.4) is 0 Å². The minimum Gasteiger partial charge on any atom is -0.261 e. The van der Waals surface area contributed by atoms with Crippen molar-refractivity contribution >= 4 is 11.4 Å². The number of nitro benzene ring substituents is 1. The topological polar surface area (TPSA) is 130 Å². The maximum absolute atomic E-state index is 12.2. The van der Waals surface area contributed by atoms with Crippen LogP contribution >= 0.6 is 0 Å². The molecule has 0 saturated heterocycles. The van der Waals surface area contributed by atoms with Gasteiger partial charge in [-0.15, -0.1) is 0 Å². The standard InChI is InChI=1S/C12H10N4O6/c1-7-10(16(21)22)11(17)13(2)12(18)14(7)8-3-5-9(6-4-8)15(19)20/h3-6H,1-2H3. The van der Waals surface area contributed by atoms with Crippen molar-refractivity contribution < 1.29 is 9.85 Å². The summed E-state index contributed by atoms with van der Waals surface area (Å²) in [5, 5.41) is 21.6. The molecule has 0 aliphatic heterocycles. The molecule has 0 radical (unpaired) electrons. The molecule has 1 heterocycles. The molecule has 0 unspecified atom stereocenters. The highest BCUT2D eigenvalue weighted by molar-refractivity contribution is 5.44. The molecule has 10 heteroatoms. The van der Waals surface area contributed by atoms with Gasteiger partial charge in [0.1, 0.15) is 5.69 Å². The molecular weight excluding hydrogens is 296 g/mol. The van der Waals surface area contributed by atoms with Crippen LogP contribution in [0.25, 0.3) is 5.69 Å². The Morgan fingerprint density at radius 1 is 1.00 bits per heavy atom. The van der Waals surface area contributed by atoms with Gasteiger partial charge in [-0.1, -0.05) is 0 Å². The Bertz CT molecular complexity index is 894. The summed E-state index contributed by atoms with van der Waals surface area (Å²) in [6.07, 6.45) is 0. The van der Waals surface area contributed by atoms with Crippen LogP contribution in [0, 0.1) is 27.2 Å². The lowest BCUT2D eigenvalue weighted by Crippen LogP contribution is -2.39. The number of hydrogen-bond donors (Lipinski definition) is 0. The third-order valence-corrected chi connectivity index (χ3v) is 3.16. The lowest BCUT2D eigenvalue weighted by Gasteiger charge is -2.11. The van der Waals surface area contributed by atoms with Crippen molar-refractivity contribution in [3.63, 3.8) is 0 Å². The average molecular weight is 306 g/mol. The molecular formula is C12H10N4O6. The molecule has 2 rings (SSSR count). The van der Waals surface area contributed by atoms with Crippen LogP contribution < -0.4 is 11.2 Å². The van der Waals surface area contributed by atoms with Crippen molar-refractivity contribution in [2.45, 2.75) is 6.92 Å². The molecule has 0 bridgehead atoms. The third-order valence-electron chi connectivity index (χ3n) is 3.16. The van der Waals surface area contributed by atoms with E-state index in [0.717, 1.165) is 23.7 Å². The molecule has 0 aliphatic rings. The second-order valence-corrected chi connectivity index (χ2v) is 4.45. The first-order valence-electron chi connectivity index (χ1n) is 5.97. The molecule has 0 atom stereocenters. The number of nitro groups is 2. The number of non-ortho nitro benzene ring substituents is 1. The smallest absolute Gasteiger partial charge is 0.261 e. The van der Waals surface area contributed by atoms with E-state index in [2.05, 4.69) is 0 Å². The Labute approximate surface area is 122 Å². The first-order chi connectivity index (χ1) is 10.3. The van der Waals surface area contributed by atoms with Gasteiger partial charge in [-0.2, -0.15) is 0 Å². The first kappa shape index (κ1) is 15.1. The van der Waals surface area contributed by atoms with E-state index in [-0.39, 0.29) is 17.1 Å². The number of benzene rings is 1. The molecule has 1 aromatic carbocycles. The highest BCUT2D eigenvalue weighted by atomic mass is 16.6. The zero-order chi connectivity index (χ0) is 16.6. The summed E-state index contributed by atoms with van der Waals surface area (Å²) in [5.74, 6) is 0. The number of hydrogen-bond acceptors (Lipinski definition) is 6. The molecule has 0 spiro atoms. The summed E-state index contributed by atoms with van der Waals surface area (Å²) in [7, 11) is 1.12. The van der Waals surface area contributed by atoms with Gasteiger partial charge in [0.2, 0.25) is 0 Å². The second-order valence-electron chi connectivity index (χ2n) is 4.45. The Hall–Kier alpha value is -3.30. The van der Waals surface area contributed by atoms with Gasteiger partial charge >= 0.3 is 16.9 Å².